The predicted octanol–water partition coefficient (Wildman–Crippen LogP) is 2.53. The second kappa shape index (κ2) is 8.04. The summed E-state index contributed by atoms with van der Waals surface area (Å²) in [5, 5.41) is 4.01. The van der Waals surface area contributed by atoms with Crippen LogP contribution in [0, 0.1) is 0 Å². The van der Waals surface area contributed by atoms with Crippen LogP contribution in [0.15, 0.2) is 65.8 Å². The molecule has 0 radical (unpaired) electrons. The largest absolute Gasteiger partial charge is 0.464 e. The fourth-order valence-corrected chi connectivity index (χ4v) is 3.12. The third-order valence-corrected chi connectivity index (χ3v) is 4.51. The van der Waals surface area contributed by atoms with Gasteiger partial charge in [-0.25, -0.2) is 10.2 Å². The standard InChI is InChI=1S/C21H21N3O4/c1-3-28-20(27)21(2)14-17(19(26)24(21)16-12-8-5-9-13-16)22-23-18(25)15-10-6-4-7-11-15/h4-13H,3,14H2,1-2H3,(H,23,25)/b22-17+. The van der Waals surface area contributed by atoms with Gasteiger partial charge in [-0.05, 0) is 38.1 Å². The molecule has 2 aromatic carbocycles. The number of hydrogen-bond acceptors (Lipinski definition) is 5. The fraction of sp³-hybridized carbons (Fsp3) is 0.238. The van der Waals surface area contributed by atoms with Crippen molar-refractivity contribution in [3.63, 3.8) is 0 Å². The Morgan fingerprint density at radius 1 is 1.11 bits per heavy atom. The van der Waals surface area contributed by atoms with Gasteiger partial charge in [0.1, 0.15) is 11.3 Å². The first-order chi connectivity index (χ1) is 13.5. The van der Waals surface area contributed by atoms with Crippen molar-refractivity contribution in [3.8, 4) is 0 Å². The number of amides is 2. The van der Waals surface area contributed by atoms with E-state index in [1.54, 1.807) is 68.4 Å². The highest BCUT2D eigenvalue weighted by Crippen LogP contribution is 2.34. The number of anilines is 1. The molecular formula is C21H21N3O4. The van der Waals surface area contributed by atoms with Crippen molar-refractivity contribution in [3.05, 3.63) is 66.2 Å². The zero-order chi connectivity index (χ0) is 20.1. The van der Waals surface area contributed by atoms with Crippen molar-refractivity contribution in [2.24, 2.45) is 5.10 Å². The molecular weight excluding hydrogens is 358 g/mol. The number of benzene rings is 2. The summed E-state index contributed by atoms with van der Waals surface area (Å²) in [5.41, 5.74) is 2.22. The fourth-order valence-electron chi connectivity index (χ4n) is 3.12. The zero-order valence-corrected chi connectivity index (χ0v) is 15.7. The van der Waals surface area contributed by atoms with Gasteiger partial charge in [0.05, 0.1) is 6.61 Å². The molecule has 0 spiro atoms. The van der Waals surface area contributed by atoms with E-state index >= 15 is 0 Å². The van der Waals surface area contributed by atoms with Crippen LogP contribution in [-0.4, -0.2) is 35.6 Å². The van der Waals surface area contributed by atoms with Crippen LogP contribution in [0.5, 0.6) is 0 Å². The molecule has 2 amide bonds. The first-order valence-electron chi connectivity index (χ1n) is 8.96. The molecule has 1 aliphatic rings. The molecule has 144 valence electrons. The van der Waals surface area contributed by atoms with Gasteiger partial charge in [-0.2, -0.15) is 5.10 Å². The number of carbonyl (C=O) groups excluding carboxylic acids is 3. The smallest absolute Gasteiger partial charge is 0.332 e. The van der Waals surface area contributed by atoms with Gasteiger partial charge in [0, 0.05) is 17.7 Å². The summed E-state index contributed by atoms with van der Waals surface area (Å²) < 4.78 is 5.20. The molecule has 1 saturated heterocycles. The van der Waals surface area contributed by atoms with Gasteiger partial charge in [0.25, 0.3) is 11.8 Å². The minimum absolute atomic E-state index is 0.0225. The molecule has 1 atom stereocenters. The Kier molecular flexibility index (Phi) is 5.54. The Morgan fingerprint density at radius 3 is 2.32 bits per heavy atom. The SMILES string of the molecule is CCOC(=O)C1(C)C/C(=N\NC(=O)c2ccccc2)C(=O)N1c1ccccc1. The highest BCUT2D eigenvalue weighted by atomic mass is 16.5. The number of nitrogens with one attached hydrogen (secondary N) is 1. The van der Waals surface area contributed by atoms with Crippen LogP contribution in [0.4, 0.5) is 5.69 Å². The van der Waals surface area contributed by atoms with Crippen molar-refractivity contribution < 1.29 is 19.1 Å². The average Bonchev–Trinajstić information content (AvgIpc) is 2.98. The Morgan fingerprint density at radius 2 is 1.71 bits per heavy atom. The van der Waals surface area contributed by atoms with Crippen LogP contribution in [0.2, 0.25) is 0 Å². The van der Waals surface area contributed by atoms with E-state index in [1.807, 2.05) is 6.07 Å². The van der Waals surface area contributed by atoms with Gasteiger partial charge in [0.2, 0.25) is 0 Å². The molecule has 1 N–H and O–H groups in total. The molecule has 0 bridgehead atoms. The van der Waals surface area contributed by atoms with Crippen LogP contribution >= 0.6 is 0 Å². The van der Waals surface area contributed by atoms with E-state index in [0.717, 1.165) is 0 Å². The summed E-state index contributed by atoms with van der Waals surface area (Å²) in [4.78, 5) is 39.3. The maximum Gasteiger partial charge on any atom is 0.332 e. The lowest BCUT2D eigenvalue weighted by Gasteiger charge is -2.32. The van der Waals surface area contributed by atoms with E-state index in [2.05, 4.69) is 10.5 Å². The topological polar surface area (TPSA) is 88.1 Å². The molecule has 0 saturated carbocycles. The van der Waals surface area contributed by atoms with E-state index in [1.165, 1.54) is 4.90 Å². The summed E-state index contributed by atoms with van der Waals surface area (Å²) >= 11 is 0. The van der Waals surface area contributed by atoms with Crippen molar-refractivity contribution >= 4 is 29.2 Å². The average molecular weight is 379 g/mol. The second-order valence-corrected chi connectivity index (χ2v) is 6.51. The van der Waals surface area contributed by atoms with Gasteiger partial charge in [0.15, 0.2) is 0 Å². The molecule has 0 aliphatic carbocycles. The second-order valence-electron chi connectivity index (χ2n) is 6.51. The molecule has 28 heavy (non-hydrogen) atoms. The number of hydrazone groups is 1. The normalized spacial score (nSPS) is 20.3. The maximum absolute atomic E-state index is 13.0. The Balaban J connectivity index is 1.91. The van der Waals surface area contributed by atoms with E-state index < -0.39 is 23.3 Å². The summed E-state index contributed by atoms with van der Waals surface area (Å²) in [6.07, 6.45) is 0.0225. The van der Waals surface area contributed by atoms with Gasteiger partial charge in [-0.1, -0.05) is 36.4 Å². The van der Waals surface area contributed by atoms with Crippen LogP contribution < -0.4 is 10.3 Å². The zero-order valence-electron chi connectivity index (χ0n) is 15.7. The van der Waals surface area contributed by atoms with Crippen molar-refractivity contribution in [1.82, 2.24) is 5.43 Å². The molecule has 1 fully saturated rings. The number of carbonyl (C=O) groups is 3. The minimum atomic E-state index is -1.25. The van der Waals surface area contributed by atoms with Gasteiger partial charge < -0.3 is 4.74 Å². The van der Waals surface area contributed by atoms with Crippen LogP contribution in [0.3, 0.4) is 0 Å². The Labute approximate surface area is 163 Å². The molecule has 1 heterocycles. The van der Waals surface area contributed by atoms with Gasteiger partial charge in [-0.15, -0.1) is 0 Å². The quantitative estimate of drug-likeness (QED) is 0.639. The number of hydrogen-bond donors (Lipinski definition) is 1. The van der Waals surface area contributed by atoms with Crippen molar-refractivity contribution in [2.75, 3.05) is 11.5 Å². The highest BCUT2D eigenvalue weighted by molar-refractivity contribution is 6.48. The monoisotopic (exact) mass is 379 g/mol. The van der Waals surface area contributed by atoms with E-state index in [4.69, 9.17) is 4.74 Å². The van der Waals surface area contributed by atoms with Gasteiger partial charge in [-0.3, -0.25) is 14.5 Å². The number of nitrogens with zero attached hydrogens (tertiary/aromatic N) is 2. The number of esters is 1. The van der Waals surface area contributed by atoms with Crippen LogP contribution in [0.1, 0.15) is 30.6 Å². The lowest BCUT2D eigenvalue weighted by Crippen LogP contribution is -2.50. The summed E-state index contributed by atoms with van der Waals surface area (Å²) in [6.45, 7) is 3.54. The first kappa shape index (κ1) is 19.3. The van der Waals surface area contributed by atoms with E-state index in [0.29, 0.717) is 11.3 Å². The van der Waals surface area contributed by atoms with Crippen LogP contribution in [-0.2, 0) is 14.3 Å². The Hall–Kier alpha value is -3.48. The number of para-hydroxylation sites is 1. The third-order valence-electron chi connectivity index (χ3n) is 4.51. The molecule has 3 rings (SSSR count). The summed E-state index contributed by atoms with van der Waals surface area (Å²) in [7, 11) is 0. The lowest BCUT2D eigenvalue weighted by molar-refractivity contribution is -0.149. The lowest BCUT2D eigenvalue weighted by atomic mass is 9.98. The number of rotatable bonds is 5. The molecule has 1 aliphatic heterocycles. The molecule has 7 nitrogen and oxygen atoms in total. The molecule has 7 heteroatoms. The third kappa shape index (κ3) is 3.64. The highest BCUT2D eigenvalue weighted by Gasteiger charge is 2.53. The minimum Gasteiger partial charge on any atom is -0.464 e. The van der Waals surface area contributed by atoms with Crippen LogP contribution in [0.25, 0.3) is 0 Å². The predicted molar refractivity (Wildman–Crippen MR) is 105 cm³/mol. The summed E-state index contributed by atoms with van der Waals surface area (Å²) in [6, 6.07) is 17.4. The number of ether oxygens (including phenoxy) is 1. The molecule has 1 unspecified atom stereocenters. The Bertz CT molecular complexity index is 912. The molecule has 0 aromatic heterocycles. The van der Waals surface area contributed by atoms with Crippen molar-refractivity contribution in [1.29, 1.82) is 0 Å². The van der Waals surface area contributed by atoms with Crippen molar-refractivity contribution in [2.45, 2.75) is 25.8 Å². The summed E-state index contributed by atoms with van der Waals surface area (Å²) in [5.74, 6) is -1.40. The van der Waals surface area contributed by atoms with Gasteiger partial charge >= 0.3 is 5.97 Å². The maximum atomic E-state index is 13.0. The van der Waals surface area contributed by atoms with E-state index in [9.17, 15) is 14.4 Å². The molecule has 2 aromatic rings. The first-order valence-corrected chi connectivity index (χ1v) is 8.96. The van der Waals surface area contributed by atoms with E-state index in [-0.39, 0.29) is 18.7 Å².